The molecule has 9 heavy (non-hydrogen) atoms. The molecule has 1 N–H and O–H groups in total. The number of hydrogen-bond donors (Lipinski definition) is 2. The molecule has 0 aromatic heterocycles. The van der Waals surface area contributed by atoms with Crippen LogP contribution in [0.4, 0.5) is 0 Å². The summed E-state index contributed by atoms with van der Waals surface area (Å²) in [5.41, 5.74) is 0. The van der Waals surface area contributed by atoms with Gasteiger partial charge in [0.15, 0.2) is 0 Å². The lowest BCUT2D eigenvalue weighted by molar-refractivity contribution is -0.118. The van der Waals surface area contributed by atoms with Gasteiger partial charge in [0.2, 0.25) is 5.91 Å². The van der Waals surface area contributed by atoms with E-state index in [0.717, 1.165) is 0 Å². The van der Waals surface area contributed by atoms with E-state index < -0.39 is 0 Å². The molecule has 0 rings (SSSR count). The first-order valence-corrected chi connectivity index (χ1v) is 4.70. The molecule has 0 spiro atoms. The van der Waals surface area contributed by atoms with Crippen molar-refractivity contribution in [1.29, 1.82) is 0 Å². The van der Waals surface area contributed by atoms with E-state index in [9.17, 15) is 4.79 Å². The fraction of sp³-hybridized carbons (Fsp3) is 0.800. The van der Waals surface area contributed by atoms with E-state index in [-0.39, 0.29) is 5.91 Å². The molecule has 0 aliphatic carbocycles. The van der Waals surface area contributed by atoms with Gasteiger partial charge >= 0.3 is 0 Å². The maximum atomic E-state index is 10.6. The van der Waals surface area contributed by atoms with E-state index in [4.69, 9.17) is 0 Å². The van der Waals surface area contributed by atoms with E-state index in [1.54, 1.807) is 0 Å². The van der Waals surface area contributed by atoms with E-state index in [1.165, 1.54) is 11.8 Å². The molecule has 0 heterocycles. The monoisotopic (exact) mass is 165 g/mol. The van der Waals surface area contributed by atoms with Crippen LogP contribution in [0, 0.1) is 0 Å². The fourth-order valence-electron chi connectivity index (χ4n) is 0.377. The van der Waals surface area contributed by atoms with Gasteiger partial charge in [-0.25, -0.2) is 0 Å². The first-order valence-electron chi connectivity index (χ1n) is 2.67. The maximum absolute atomic E-state index is 10.6. The van der Waals surface area contributed by atoms with Crippen molar-refractivity contribution in [2.24, 2.45) is 0 Å². The van der Waals surface area contributed by atoms with Gasteiger partial charge in [0.05, 0.1) is 5.75 Å². The minimum Gasteiger partial charge on any atom is -0.355 e. The van der Waals surface area contributed by atoms with Crippen LogP contribution in [0.5, 0.6) is 0 Å². The van der Waals surface area contributed by atoms with Crippen LogP contribution in [0.1, 0.15) is 0 Å². The number of rotatable bonds is 4. The second-order valence-electron chi connectivity index (χ2n) is 1.51. The van der Waals surface area contributed by atoms with Crippen LogP contribution in [0.3, 0.4) is 0 Å². The third-order valence-corrected chi connectivity index (χ3v) is 1.48. The van der Waals surface area contributed by atoms with E-state index in [1.807, 2.05) is 6.26 Å². The Morgan fingerprint density at radius 2 is 2.44 bits per heavy atom. The van der Waals surface area contributed by atoms with Gasteiger partial charge in [-0.3, -0.25) is 4.79 Å². The highest BCUT2D eigenvalue weighted by Crippen LogP contribution is 1.88. The SMILES string of the molecule is CSCC(=O)NCCS. The van der Waals surface area contributed by atoms with Crippen LogP contribution in [0.2, 0.25) is 0 Å². The fourth-order valence-corrected chi connectivity index (χ4v) is 0.854. The van der Waals surface area contributed by atoms with E-state index >= 15 is 0 Å². The zero-order valence-corrected chi connectivity index (χ0v) is 7.10. The highest BCUT2D eigenvalue weighted by atomic mass is 32.2. The van der Waals surface area contributed by atoms with Gasteiger partial charge in [0, 0.05) is 12.3 Å². The molecule has 0 aliphatic rings. The van der Waals surface area contributed by atoms with Crippen molar-refractivity contribution in [3.05, 3.63) is 0 Å². The largest absolute Gasteiger partial charge is 0.355 e. The average Bonchev–Trinajstić information content (AvgIpc) is 1.85. The van der Waals surface area contributed by atoms with Crippen molar-refractivity contribution >= 4 is 30.3 Å². The lowest BCUT2D eigenvalue weighted by atomic mass is 10.6. The molecule has 0 aromatic rings. The Kier molecular flexibility index (Phi) is 6.41. The Labute approximate surface area is 65.2 Å². The Morgan fingerprint density at radius 1 is 1.78 bits per heavy atom. The molecule has 0 radical (unpaired) electrons. The summed E-state index contributed by atoms with van der Waals surface area (Å²) in [6, 6.07) is 0. The molecule has 1 amide bonds. The standard InChI is InChI=1S/C5H11NOS2/c1-9-4-5(7)6-2-3-8/h8H,2-4H2,1H3,(H,6,7). The van der Waals surface area contributed by atoms with Crippen molar-refractivity contribution in [2.75, 3.05) is 24.3 Å². The zero-order valence-electron chi connectivity index (χ0n) is 5.39. The van der Waals surface area contributed by atoms with Crippen molar-refractivity contribution in [1.82, 2.24) is 5.32 Å². The topological polar surface area (TPSA) is 29.1 Å². The van der Waals surface area contributed by atoms with Gasteiger partial charge in [0.1, 0.15) is 0 Å². The van der Waals surface area contributed by atoms with E-state index in [0.29, 0.717) is 18.1 Å². The summed E-state index contributed by atoms with van der Waals surface area (Å²) in [4.78, 5) is 10.6. The maximum Gasteiger partial charge on any atom is 0.230 e. The Bertz CT molecular complexity index is 87.0. The Balaban J connectivity index is 3.06. The number of thioether (sulfide) groups is 1. The van der Waals surface area contributed by atoms with E-state index in [2.05, 4.69) is 17.9 Å². The van der Waals surface area contributed by atoms with Crippen LogP contribution in [0.15, 0.2) is 0 Å². The van der Waals surface area contributed by atoms with Crippen molar-refractivity contribution in [3.8, 4) is 0 Å². The molecular weight excluding hydrogens is 154 g/mol. The molecule has 54 valence electrons. The number of nitrogens with one attached hydrogen (secondary N) is 1. The summed E-state index contributed by atoms with van der Waals surface area (Å²) in [5.74, 6) is 1.35. The Hall–Kier alpha value is 0.170. The first-order chi connectivity index (χ1) is 4.31. The third kappa shape index (κ3) is 6.05. The number of amides is 1. The zero-order chi connectivity index (χ0) is 7.11. The first kappa shape index (κ1) is 9.17. The molecule has 0 saturated heterocycles. The minimum atomic E-state index is 0.0940. The van der Waals surface area contributed by atoms with Crippen molar-refractivity contribution in [3.63, 3.8) is 0 Å². The highest BCUT2D eigenvalue weighted by Gasteiger charge is 1.94. The predicted molar refractivity (Wildman–Crippen MR) is 45.2 cm³/mol. The molecule has 0 atom stereocenters. The van der Waals surface area contributed by atoms with Gasteiger partial charge in [-0.1, -0.05) is 0 Å². The molecular formula is C5H11NOS2. The highest BCUT2D eigenvalue weighted by molar-refractivity contribution is 7.99. The van der Waals surface area contributed by atoms with Crippen LogP contribution >= 0.6 is 24.4 Å². The molecule has 0 saturated carbocycles. The molecule has 0 aliphatic heterocycles. The Morgan fingerprint density at radius 3 is 2.89 bits per heavy atom. The summed E-state index contributed by atoms with van der Waals surface area (Å²) in [6.07, 6.45) is 1.90. The van der Waals surface area contributed by atoms with Crippen molar-refractivity contribution in [2.45, 2.75) is 0 Å². The van der Waals surface area contributed by atoms with Gasteiger partial charge < -0.3 is 5.32 Å². The van der Waals surface area contributed by atoms with Crippen molar-refractivity contribution < 1.29 is 4.79 Å². The van der Waals surface area contributed by atoms with Crippen LogP contribution in [0.25, 0.3) is 0 Å². The summed E-state index contributed by atoms with van der Waals surface area (Å²) < 4.78 is 0. The van der Waals surface area contributed by atoms with Gasteiger partial charge in [0.25, 0.3) is 0 Å². The van der Waals surface area contributed by atoms with Crippen LogP contribution in [-0.2, 0) is 4.79 Å². The normalized spacial score (nSPS) is 9.11. The minimum absolute atomic E-state index is 0.0940. The lowest BCUT2D eigenvalue weighted by Crippen LogP contribution is -2.26. The summed E-state index contributed by atoms with van der Waals surface area (Å²) in [7, 11) is 0. The number of carbonyl (C=O) groups excluding carboxylic acids is 1. The molecule has 2 nitrogen and oxygen atoms in total. The number of hydrogen-bond acceptors (Lipinski definition) is 3. The molecule has 0 unspecified atom stereocenters. The predicted octanol–water partition coefficient (Wildman–Crippen LogP) is 0.395. The van der Waals surface area contributed by atoms with Crippen LogP contribution < -0.4 is 5.32 Å². The number of carbonyl (C=O) groups is 1. The van der Waals surface area contributed by atoms with Crippen LogP contribution in [-0.4, -0.2) is 30.2 Å². The molecule has 0 bridgehead atoms. The van der Waals surface area contributed by atoms with Gasteiger partial charge in [-0.15, -0.1) is 0 Å². The molecule has 0 aromatic carbocycles. The lowest BCUT2D eigenvalue weighted by Gasteiger charge is -1.98. The summed E-state index contributed by atoms with van der Waals surface area (Å²) in [5, 5.41) is 2.70. The van der Waals surface area contributed by atoms with Gasteiger partial charge in [-0.2, -0.15) is 24.4 Å². The molecule has 4 heteroatoms. The quantitative estimate of drug-likeness (QED) is 0.590. The summed E-state index contributed by atoms with van der Waals surface area (Å²) >= 11 is 5.47. The van der Waals surface area contributed by atoms with Gasteiger partial charge in [-0.05, 0) is 6.26 Å². The second-order valence-corrected chi connectivity index (χ2v) is 2.82. The third-order valence-electron chi connectivity index (χ3n) is 0.709. The second kappa shape index (κ2) is 6.29. The smallest absolute Gasteiger partial charge is 0.230 e. The summed E-state index contributed by atoms with van der Waals surface area (Å²) in [6.45, 7) is 0.669. The molecule has 0 fully saturated rings. The average molecular weight is 165 g/mol. The number of thiol groups is 1.